The Morgan fingerprint density at radius 1 is 1.14 bits per heavy atom. The smallest absolute Gasteiger partial charge is 0.0431 e. The van der Waals surface area contributed by atoms with E-state index in [9.17, 15) is 0 Å². The lowest BCUT2D eigenvalue weighted by atomic mass is 9.76. The molecule has 126 valence electrons. The van der Waals surface area contributed by atoms with Crippen molar-refractivity contribution in [2.24, 2.45) is 11.8 Å². The van der Waals surface area contributed by atoms with Crippen LogP contribution in [-0.4, -0.2) is 49.3 Å². The predicted molar refractivity (Wildman–Crippen MR) is 91.6 cm³/mol. The zero-order chi connectivity index (χ0) is 15.5. The number of rotatable bonds is 11. The van der Waals surface area contributed by atoms with E-state index in [-0.39, 0.29) is 0 Å². The predicted octanol–water partition coefficient (Wildman–Crippen LogP) is 3.28. The van der Waals surface area contributed by atoms with E-state index in [1.54, 1.807) is 0 Å². The lowest BCUT2D eigenvalue weighted by molar-refractivity contribution is 0.150. The summed E-state index contributed by atoms with van der Waals surface area (Å²) in [5.41, 5.74) is 0. The van der Waals surface area contributed by atoms with Gasteiger partial charge in [0, 0.05) is 19.2 Å². The van der Waals surface area contributed by atoms with Gasteiger partial charge in [-0.2, -0.15) is 0 Å². The first kappa shape index (κ1) is 18.9. The van der Waals surface area contributed by atoms with Gasteiger partial charge in [0.1, 0.15) is 0 Å². The molecule has 0 aromatic carbocycles. The fourth-order valence-electron chi connectivity index (χ4n) is 3.69. The van der Waals surface area contributed by atoms with Gasteiger partial charge in [-0.15, -0.1) is 0 Å². The first-order valence-electron chi connectivity index (χ1n) is 9.24. The highest BCUT2D eigenvalue weighted by atomic mass is 16.2. The summed E-state index contributed by atoms with van der Waals surface area (Å²) < 4.78 is 0. The molecule has 2 N–H and O–H groups in total. The molecule has 3 nitrogen and oxygen atoms in total. The molecule has 0 bridgehead atoms. The molecule has 0 aliphatic heterocycles. The van der Waals surface area contributed by atoms with E-state index in [4.69, 9.17) is 5.11 Å². The molecule has 0 amide bonds. The second-order valence-corrected chi connectivity index (χ2v) is 6.95. The third-order valence-corrected chi connectivity index (χ3v) is 5.07. The third kappa shape index (κ3) is 7.62. The highest BCUT2D eigenvalue weighted by Gasteiger charge is 2.29. The second kappa shape index (κ2) is 11.4. The van der Waals surface area contributed by atoms with Crippen LogP contribution in [0.4, 0.5) is 0 Å². The molecule has 0 aromatic heterocycles. The summed E-state index contributed by atoms with van der Waals surface area (Å²) in [5, 5.41) is 12.6. The molecule has 0 saturated heterocycles. The third-order valence-electron chi connectivity index (χ3n) is 5.07. The molecule has 0 spiro atoms. The van der Waals surface area contributed by atoms with Crippen molar-refractivity contribution in [1.82, 2.24) is 10.2 Å². The summed E-state index contributed by atoms with van der Waals surface area (Å²) in [6.45, 7) is 8.52. The second-order valence-electron chi connectivity index (χ2n) is 6.95. The van der Waals surface area contributed by atoms with Gasteiger partial charge < -0.3 is 15.3 Å². The standard InChI is InChI=1S/C18H38N2O/c1-4-11-19-18-10-9-16(5-2)14-17(18)15-20(3)12-7-6-8-13-21/h16-19,21H,4-15H2,1-3H3. The van der Waals surface area contributed by atoms with Crippen LogP contribution in [0.15, 0.2) is 0 Å². The fraction of sp³-hybridized carbons (Fsp3) is 1.00. The van der Waals surface area contributed by atoms with Crippen LogP contribution < -0.4 is 5.32 Å². The molecule has 21 heavy (non-hydrogen) atoms. The van der Waals surface area contributed by atoms with Gasteiger partial charge in [-0.25, -0.2) is 0 Å². The Labute approximate surface area is 132 Å². The summed E-state index contributed by atoms with van der Waals surface area (Å²) >= 11 is 0. The number of hydrogen-bond acceptors (Lipinski definition) is 3. The molecule has 0 heterocycles. The van der Waals surface area contributed by atoms with Gasteiger partial charge in [0.05, 0.1) is 0 Å². The van der Waals surface area contributed by atoms with Gasteiger partial charge in [0.2, 0.25) is 0 Å². The lowest BCUT2D eigenvalue weighted by Gasteiger charge is -2.38. The van der Waals surface area contributed by atoms with Crippen molar-refractivity contribution in [1.29, 1.82) is 0 Å². The topological polar surface area (TPSA) is 35.5 Å². The molecule has 3 atom stereocenters. The number of aliphatic hydroxyl groups is 1. The molecule has 0 aromatic rings. The Kier molecular flexibility index (Phi) is 10.3. The van der Waals surface area contributed by atoms with Crippen LogP contribution in [0.3, 0.4) is 0 Å². The SMILES string of the molecule is CCCNC1CCC(CC)CC1CN(C)CCCCCO. The van der Waals surface area contributed by atoms with Gasteiger partial charge in [-0.1, -0.05) is 20.3 Å². The molecule has 1 aliphatic rings. The van der Waals surface area contributed by atoms with Gasteiger partial charge in [0.25, 0.3) is 0 Å². The van der Waals surface area contributed by atoms with Gasteiger partial charge in [-0.05, 0) is 76.9 Å². The maximum Gasteiger partial charge on any atom is 0.0431 e. The van der Waals surface area contributed by atoms with Crippen LogP contribution in [0.5, 0.6) is 0 Å². The fourth-order valence-corrected chi connectivity index (χ4v) is 3.69. The largest absolute Gasteiger partial charge is 0.396 e. The monoisotopic (exact) mass is 298 g/mol. The molecule has 1 saturated carbocycles. The molecule has 3 heteroatoms. The molecular formula is C18H38N2O. The number of aliphatic hydroxyl groups excluding tert-OH is 1. The maximum absolute atomic E-state index is 8.84. The number of nitrogens with zero attached hydrogens (tertiary/aromatic N) is 1. The number of hydrogen-bond donors (Lipinski definition) is 2. The summed E-state index contributed by atoms with van der Waals surface area (Å²) in [5.74, 6) is 1.76. The van der Waals surface area contributed by atoms with Gasteiger partial charge in [0.15, 0.2) is 0 Å². The first-order valence-corrected chi connectivity index (χ1v) is 9.24. The van der Waals surface area contributed by atoms with Crippen molar-refractivity contribution < 1.29 is 5.11 Å². The molecular weight excluding hydrogens is 260 g/mol. The van der Waals surface area contributed by atoms with Crippen LogP contribution in [0.1, 0.15) is 65.2 Å². The zero-order valence-electron chi connectivity index (χ0n) is 14.6. The first-order chi connectivity index (χ1) is 10.2. The average Bonchev–Trinajstić information content (AvgIpc) is 2.50. The van der Waals surface area contributed by atoms with Crippen molar-refractivity contribution in [2.45, 2.75) is 71.3 Å². The van der Waals surface area contributed by atoms with Crippen LogP contribution in [0.25, 0.3) is 0 Å². The summed E-state index contributed by atoms with van der Waals surface area (Å²) in [7, 11) is 2.27. The van der Waals surface area contributed by atoms with E-state index >= 15 is 0 Å². The van der Waals surface area contributed by atoms with E-state index in [0.29, 0.717) is 6.61 Å². The van der Waals surface area contributed by atoms with E-state index < -0.39 is 0 Å². The van der Waals surface area contributed by atoms with Crippen LogP contribution >= 0.6 is 0 Å². The average molecular weight is 299 g/mol. The van der Waals surface area contributed by atoms with E-state index in [1.165, 1.54) is 51.6 Å². The number of nitrogens with one attached hydrogen (secondary N) is 1. The van der Waals surface area contributed by atoms with Crippen molar-refractivity contribution in [2.75, 3.05) is 33.3 Å². The Hall–Kier alpha value is -0.120. The Morgan fingerprint density at radius 3 is 2.62 bits per heavy atom. The Bertz CT molecular complexity index is 247. The van der Waals surface area contributed by atoms with Crippen molar-refractivity contribution in [3.05, 3.63) is 0 Å². The van der Waals surface area contributed by atoms with Crippen LogP contribution in [-0.2, 0) is 0 Å². The van der Waals surface area contributed by atoms with Crippen molar-refractivity contribution in [3.8, 4) is 0 Å². The highest BCUT2D eigenvalue weighted by Crippen LogP contribution is 2.31. The molecule has 3 unspecified atom stereocenters. The summed E-state index contributed by atoms with van der Waals surface area (Å²) in [4.78, 5) is 2.51. The van der Waals surface area contributed by atoms with Crippen LogP contribution in [0, 0.1) is 11.8 Å². The minimum absolute atomic E-state index is 0.341. The van der Waals surface area contributed by atoms with Crippen molar-refractivity contribution >= 4 is 0 Å². The van der Waals surface area contributed by atoms with E-state index in [1.807, 2.05) is 0 Å². The molecule has 0 radical (unpaired) electrons. The van der Waals surface area contributed by atoms with Gasteiger partial charge >= 0.3 is 0 Å². The number of unbranched alkanes of at least 4 members (excludes halogenated alkanes) is 2. The summed E-state index contributed by atoms with van der Waals surface area (Å²) in [6.07, 6.45) is 10.1. The minimum atomic E-state index is 0.341. The van der Waals surface area contributed by atoms with E-state index in [0.717, 1.165) is 37.3 Å². The van der Waals surface area contributed by atoms with E-state index in [2.05, 4.69) is 31.1 Å². The zero-order valence-corrected chi connectivity index (χ0v) is 14.6. The summed E-state index contributed by atoms with van der Waals surface area (Å²) in [6, 6.07) is 0.729. The molecule has 1 aliphatic carbocycles. The molecule has 1 fully saturated rings. The van der Waals surface area contributed by atoms with Crippen molar-refractivity contribution in [3.63, 3.8) is 0 Å². The Balaban J connectivity index is 2.37. The Morgan fingerprint density at radius 2 is 1.95 bits per heavy atom. The highest BCUT2D eigenvalue weighted by molar-refractivity contribution is 4.86. The van der Waals surface area contributed by atoms with Crippen LogP contribution in [0.2, 0.25) is 0 Å². The quantitative estimate of drug-likeness (QED) is 0.575. The normalized spacial score (nSPS) is 26.4. The maximum atomic E-state index is 8.84. The minimum Gasteiger partial charge on any atom is -0.396 e. The molecule has 1 rings (SSSR count). The lowest BCUT2D eigenvalue weighted by Crippen LogP contribution is -2.45. The van der Waals surface area contributed by atoms with Gasteiger partial charge in [-0.3, -0.25) is 0 Å².